The Kier molecular flexibility index (Phi) is 2.42. The lowest BCUT2D eigenvalue weighted by Gasteiger charge is -2.19. The SMILES string of the molecule is CN1CCCC1c1ccc(=O)n(C)c1. The van der Waals surface area contributed by atoms with Crippen LogP contribution in [0.25, 0.3) is 0 Å². The molecule has 3 heteroatoms. The second-order valence-electron chi connectivity index (χ2n) is 4.05. The number of aryl methyl sites for hydroxylation is 1. The van der Waals surface area contributed by atoms with Crippen LogP contribution >= 0.6 is 0 Å². The fourth-order valence-electron chi connectivity index (χ4n) is 2.14. The van der Waals surface area contributed by atoms with Crippen molar-refractivity contribution in [1.29, 1.82) is 0 Å². The number of pyridine rings is 1. The van der Waals surface area contributed by atoms with Crippen LogP contribution in [0.1, 0.15) is 24.4 Å². The van der Waals surface area contributed by atoms with Crippen LogP contribution in [-0.2, 0) is 7.05 Å². The van der Waals surface area contributed by atoms with Gasteiger partial charge in [0.15, 0.2) is 0 Å². The first-order valence-electron chi connectivity index (χ1n) is 5.05. The van der Waals surface area contributed by atoms with Crippen molar-refractivity contribution < 1.29 is 0 Å². The number of nitrogens with zero attached hydrogens (tertiary/aromatic N) is 2. The Bertz CT molecular complexity index is 383. The molecule has 1 unspecified atom stereocenters. The van der Waals surface area contributed by atoms with Crippen molar-refractivity contribution >= 4 is 0 Å². The molecule has 1 aliphatic heterocycles. The lowest BCUT2D eigenvalue weighted by molar-refractivity contribution is 0.316. The molecular weight excluding hydrogens is 176 g/mol. The van der Waals surface area contributed by atoms with Crippen molar-refractivity contribution in [2.24, 2.45) is 7.05 Å². The molecule has 0 saturated carbocycles. The maximum Gasteiger partial charge on any atom is 0.250 e. The average Bonchev–Trinajstić information content (AvgIpc) is 2.57. The molecule has 2 rings (SSSR count). The first-order chi connectivity index (χ1) is 6.68. The maximum atomic E-state index is 11.2. The third-order valence-corrected chi connectivity index (χ3v) is 3.01. The van der Waals surface area contributed by atoms with E-state index < -0.39 is 0 Å². The molecule has 0 spiro atoms. The average molecular weight is 192 g/mol. The lowest BCUT2D eigenvalue weighted by atomic mass is 10.1. The normalized spacial score (nSPS) is 22.9. The Morgan fingerprint density at radius 3 is 2.71 bits per heavy atom. The molecule has 1 aromatic rings. The molecule has 1 atom stereocenters. The van der Waals surface area contributed by atoms with Gasteiger partial charge in [-0.15, -0.1) is 0 Å². The molecule has 0 amide bonds. The highest BCUT2D eigenvalue weighted by Crippen LogP contribution is 2.29. The van der Waals surface area contributed by atoms with E-state index in [2.05, 4.69) is 11.9 Å². The summed E-state index contributed by atoms with van der Waals surface area (Å²) >= 11 is 0. The van der Waals surface area contributed by atoms with Gasteiger partial charge in [0.25, 0.3) is 0 Å². The van der Waals surface area contributed by atoms with Gasteiger partial charge in [-0.25, -0.2) is 0 Å². The summed E-state index contributed by atoms with van der Waals surface area (Å²) in [4.78, 5) is 13.6. The van der Waals surface area contributed by atoms with Crippen molar-refractivity contribution in [1.82, 2.24) is 9.47 Å². The number of aromatic nitrogens is 1. The van der Waals surface area contributed by atoms with Gasteiger partial charge in [-0.2, -0.15) is 0 Å². The van der Waals surface area contributed by atoms with Crippen LogP contribution in [0, 0.1) is 0 Å². The zero-order valence-electron chi connectivity index (χ0n) is 8.73. The minimum atomic E-state index is 0.0643. The van der Waals surface area contributed by atoms with Crippen molar-refractivity contribution in [3.63, 3.8) is 0 Å². The molecule has 1 fully saturated rings. The highest BCUT2D eigenvalue weighted by atomic mass is 16.1. The third kappa shape index (κ3) is 1.60. The molecular formula is C11H16N2O. The van der Waals surface area contributed by atoms with Crippen molar-refractivity contribution in [3.8, 4) is 0 Å². The minimum absolute atomic E-state index is 0.0643. The van der Waals surface area contributed by atoms with E-state index in [0.717, 1.165) is 6.54 Å². The van der Waals surface area contributed by atoms with Gasteiger partial charge in [0.2, 0.25) is 5.56 Å². The van der Waals surface area contributed by atoms with Gasteiger partial charge in [0.1, 0.15) is 0 Å². The molecule has 1 aliphatic rings. The molecule has 1 aromatic heterocycles. The Balaban J connectivity index is 2.32. The van der Waals surface area contributed by atoms with Crippen LogP contribution in [-0.4, -0.2) is 23.1 Å². The predicted octanol–water partition coefficient (Wildman–Crippen LogP) is 1.15. The topological polar surface area (TPSA) is 25.2 Å². The van der Waals surface area contributed by atoms with Gasteiger partial charge in [-0.3, -0.25) is 9.69 Å². The summed E-state index contributed by atoms with van der Waals surface area (Å²) in [7, 11) is 3.95. The van der Waals surface area contributed by atoms with E-state index in [9.17, 15) is 4.79 Å². The van der Waals surface area contributed by atoms with Crippen LogP contribution in [0.4, 0.5) is 0 Å². The van der Waals surface area contributed by atoms with E-state index in [1.807, 2.05) is 12.3 Å². The second kappa shape index (κ2) is 3.58. The van der Waals surface area contributed by atoms with Crippen molar-refractivity contribution in [2.45, 2.75) is 18.9 Å². The summed E-state index contributed by atoms with van der Waals surface area (Å²) in [5.41, 5.74) is 1.32. The number of rotatable bonds is 1. The molecule has 14 heavy (non-hydrogen) atoms. The third-order valence-electron chi connectivity index (χ3n) is 3.01. The molecule has 0 radical (unpaired) electrons. The number of hydrogen-bond donors (Lipinski definition) is 0. The summed E-state index contributed by atoms with van der Waals surface area (Å²) in [5.74, 6) is 0. The number of hydrogen-bond acceptors (Lipinski definition) is 2. The fraction of sp³-hybridized carbons (Fsp3) is 0.545. The summed E-state index contributed by atoms with van der Waals surface area (Å²) in [5, 5.41) is 0. The van der Waals surface area contributed by atoms with E-state index in [-0.39, 0.29) is 5.56 Å². The van der Waals surface area contributed by atoms with Crippen LogP contribution in [0.5, 0.6) is 0 Å². The molecule has 76 valence electrons. The minimum Gasteiger partial charge on any atom is -0.318 e. The predicted molar refractivity (Wildman–Crippen MR) is 56.3 cm³/mol. The molecule has 0 N–H and O–H groups in total. The van der Waals surface area contributed by atoms with Gasteiger partial charge < -0.3 is 4.57 Å². The fourth-order valence-corrected chi connectivity index (χ4v) is 2.14. The largest absolute Gasteiger partial charge is 0.318 e. The van der Waals surface area contributed by atoms with Crippen LogP contribution < -0.4 is 5.56 Å². The zero-order chi connectivity index (χ0) is 10.1. The number of likely N-dealkylation sites (tertiary alicyclic amines) is 1. The van der Waals surface area contributed by atoms with Crippen LogP contribution in [0.2, 0.25) is 0 Å². The molecule has 0 aliphatic carbocycles. The molecule has 3 nitrogen and oxygen atoms in total. The van der Waals surface area contributed by atoms with E-state index >= 15 is 0 Å². The van der Waals surface area contributed by atoms with Gasteiger partial charge in [0, 0.05) is 25.4 Å². The van der Waals surface area contributed by atoms with E-state index in [0.29, 0.717) is 6.04 Å². The van der Waals surface area contributed by atoms with Crippen LogP contribution in [0.3, 0.4) is 0 Å². The second-order valence-corrected chi connectivity index (χ2v) is 4.05. The Morgan fingerprint density at radius 2 is 2.14 bits per heavy atom. The van der Waals surface area contributed by atoms with Crippen molar-refractivity contribution in [3.05, 3.63) is 34.2 Å². The maximum absolute atomic E-state index is 11.2. The summed E-state index contributed by atoms with van der Waals surface area (Å²) in [6, 6.07) is 4.11. The first-order valence-corrected chi connectivity index (χ1v) is 5.05. The van der Waals surface area contributed by atoms with Crippen molar-refractivity contribution in [2.75, 3.05) is 13.6 Å². The van der Waals surface area contributed by atoms with Crippen LogP contribution in [0.15, 0.2) is 23.1 Å². The molecule has 0 aromatic carbocycles. The summed E-state index contributed by atoms with van der Waals surface area (Å²) in [6.07, 6.45) is 4.41. The molecule has 1 saturated heterocycles. The standard InChI is InChI=1S/C11H16N2O/c1-12-7-3-4-10(12)9-5-6-11(14)13(2)8-9/h5-6,8,10H,3-4,7H2,1-2H3. The summed E-state index contributed by atoms with van der Waals surface area (Å²) < 4.78 is 1.65. The van der Waals surface area contributed by atoms with Gasteiger partial charge in [0.05, 0.1) is 0 Å². The highest BCUT2D eigenvalue weighted by molar-refractivity contribution is 5.16. The van der Waals surface area contributed by atoms with Gasteiger partial charge in [-0.1, -0.05) is 6.07 Å². The smallest absolute Gasteiger partial charge is 0.250 e. The van der Waals surface area contributed by atoms with E-state index in [1.54, 1.807) is 17.7 Å². The first kappa shape index (κ1) is 9.46. The Labute approximate surface area is 84.0 Å². The lowest BCUT2D eigenvalue weighted by Crippen LogP contribution is -2.21. The Morgan fingerprint density at radius 1 is 1.36 bits per heavy atom. The molecule has 2 heterocycles. The highest BCUT2D eigenvalue weighted by Gasteiger charge is 2.22. The quantitative estimate of drug-likeness (QED) is 0.667. The Hall–Kier alpha value is -1.09. The van der Waals surface area contributed by atoms with E-state index in [4.69, 9.17) is 0 Å². The zero-order valence-corrected chi connectivity index (χ0v) is 8.73. The molecule has 0 bridgehead atoms. The summed E-state index contributed by atoms with van der Waals surface area (Å²) in [6.45, 7) is 1.16. The van der Waals surface area contributed by atoms with Gasteiger partial charge >= 0.3 is 0 Å². The van der Waals surface area contributed by atoms with E-state index in [1.165, 1.54) is 18.4 Å². The van der Waals surface area contributed by atoms with Gasteiger partial charge in [-0.05, 0) is 32.0 Å². The monoisotopic (exact) mass is 192 g/mol.